The Kier molecular flexibility index (Phi) is 6.81. The highest BCUT2D eigenvalue weighted by Crippen LogP contribution is 2.26. The Morgan fingerprint density at radius 3 is 2.57 bits per heavy atom. The molecule has 28 heavy (non-hydrogen) atoms. The van der Waals surface area contributed by atoms with E-state index >= 15 is 0 Å². The Morgan fingerprint density at radius 2 is 1.86 bits per heavy atom. The predicted octanol–water partition coefficient (Wildman–Crippen LogP) is 4.14. The number of benzene rings is 2. The zero-order valence-corrected chi connectivity index (χ0v) is 16.7. The number of hydrogen-bond donors (Lipinski definition) is 1. The zero-order valence-electron chi connectivity index (χ0n) is 15.9. The summed E-state index contributed by atoms with van der Waals surface area (Å²) < 4.78 is 16.2. The molecule has 0 saturated carbocycles. The van der Waals surface area contributed by atoms with E-state index in [1.807, 2.05) is 48.7 Å². The Morgan fingerprint density at radius 1 is 1.14 bits per heavy atom. The van der Waals surface area contributed by atoms with Crippen LogP contribution in [0.1, 0.15) is 25.8 Å². The number of carbonyl (C=O) groups is 1. The van der Waals surface area contributed by atoms with E-state index in [9.17, 15) is 9.18 Å². The summed E-state index contributed by atoms with van der Waals surface area (Å²) in [6.45, 7) is 4.48. The second kappa shape index (κ2) is 9.50. The fraction of sp³-hybridized carbons (Fsp3) is 0.286. The topological polar surface area (TPSA) is 59.8 Å². The van der Waals surface area contributed by atoms with Gasteiger partial charge in [-0.15, -0.1) is 10.2 Å². The lowest BCUT2D eigenvalue weighted by atomic mass is 10.2. The molecule has 0 saturated heterocycles. The van der Waals surface area contributed by atoms with Crippen LogP contribution in [0, 0.1) is 5.82 Å². The number of nitrogens with zero attached hydrogens (tertiary/aromatic N) is 3. The SMILES string of the molecule is CC[C@@H](C)NC(=O)CSc1nnc(-c2ccccc2F)n1Cc1ccccc1. The van der Waals surface area contributed by atoms with Gasteiger partial charge in [0, 0.05) is 6.04 Å². The molecule has 0 fully saturated rings. The van der Waals surface area contributed by atoms with E-state index in [1.165, 1.54) is 17.8 Å². The lowest BCUT2D eigenvalue weighted by molar-refractivity contribution is -0.119. The minimum absolute atomic E-state index is 0.0546. The van der Waals surface area contributed by atoms with Gasteiger partial charge in [-0.05, 0) is 31.0 Å². The van der Waals surface area contributed by atoms with Crippen molar-refractivity contribution in [3.8, 4) is 11.4 Å². The summed E-state index contributed by atoms with van der Waals surface area (Å²) in [5.41, 5.74) is 1.44. The quantitative estimate of drug-likeness (QED) is 0.580. The summed E-state index contributed by atoms with van der Waals surface area (Å²) in [7, 11) is 0. The van der Waals surface area contributed by atoms with Gasteiger partial charge in [0.15, 0.2) is 11.0 Å². The van der Waals surface area contributed by atoms with Crippen molar-refractivity contribution >= 4 is 17.7 Å². The lowest BCUT2D eigenvalue weighted by Crippen LogP contribution is -2.33. The highest BCUT2D eigenvalue weighted by atomic mass is 32.2. The van der Waals surface area contributed by atoms with Gasteiger partial charge >= 0.3 is 0 Å². The van der Waals surface area contributed by atoms with E-state index in [1.54, 1.807) is 18.2 Å². The average molecular weight is 399 g/mol. The number of aromatic nitrogens is 3. The largest absolute Gasteiger partial charge is 0.353 e. The van der Waals surface area contributed by atoms with E-state index in [0.29, 0.717) is 23.1 Å². The van der Waals surface area contributed by atoms with Crippen LogP contribution in [0.5, 0.6) is 0 Å². The number of thioether (sulfide) groups is 1. The van der Waals surface area contributed by atoms with Gasteiger partial charge in [-0.1, -0.05) is 61.2 Å². The zero-order chi connectivity index (χ0) is 19.9. The van der Waals surface area contributed by atoms with Gasteiger partial charge in [-0.3, -0.25) is 9.36 Å². The van der Waals surface area contributed by atoms with Crippen LogP contribution in [0.15, 0.2) is 59.8 Å². The van der Waals surface area contributed by atoms with Gasteiger partial charge in [0.2, 0.25) is 5.91 Å². The molecule has 1 amide bonds. The molecule has 1 atom stereocenters. The third-order valence-electron chi connectivity index (χ3n) is 4.37. The second-order valence-electron chi connectivity index (χ2n) is 6.52. The number of rotatable bonds is 8. The van der Waals surface area contributed by atoms with Crippen molar-refractivity contribution in [2.24, 2.45) is 0 Å². The smallest absolute Gasteiger partial charge is 0.230 e. The number of carbonyl (C=O) groups excluding carboxylic acids is 1. The van der Waals surface area contributed by atoms with Gasteiger partial charge in [0.1, 0.15) is 5.82 Å². The van der Waals surface area contributed by atoms with Gasteiger partial charge in [0.25, 0.3) is 0 Å². The molecule has 0 spiro atoms. The van der Waals surface area contributed by atoms with Crippen LogP contribution >= 0.6 is 11.8 Å². The van der Waals surface area contributed by atoms with Crippen molar-refractivity contribution in [3.05, 3.63) is 66.0 Å². The van der Waals surface area contributed by atoms with Crippen molar-refractivity contribution in [2.45, 2.75) is 38.0 Å². The molecule has 7 heteroatoms. The first-order valence-corrected chi connectivity index (χ1v) is 10.2. The maximum atomic E-state index is 14.3. The lowest BCUT2D eigenvalue weighted by Gasteiger charge is -2.12. The van der Waals surface area contributed by atoms with E-state index in [4.69, 9.17) is 0 Å². The molecule has 0 aliphatic rings. The predicted molar refractivity (Wildman–Crippen MR) is 110 cm³/mol. The van der Waals surface area contributed by atoms with Crippen LogP contribution in [0.2, 0.25) is 0 Å². The van der Waals surface area contributed by atoms with E-state index in [-0.39, 0.29) is 23.5 Å². The maximum absolute atomic E-state index is 14.3. The van der Waals surface area contributed by atoms with Crippen molar-refractivity contribution in [2.75, 3.05) is 5.75 Å². The summed E-state index contributed by atoms with van der Waals surface area (Å²) in [5, 5.41) is 12.0. The molecule has 0 bridgehead atoms. The second-order valence-corrected chi connectivity index (χ2v) is 7.47. The first-order chi connectivity index (χ1) is 13.6. The Hall–Kier alpha value is -2.67. The monoisotopic (exact) mass is 398 g/mol. The first kappa shape index (κ1) is 20.1. The molecule has 1 N–H and O–H groups in total. The molecule has 5 nitrogen and oxygen atoms in total. The van der Waals surface area contributed by atoms with Crippen molar-refractivity contribution in [3.63, 3.8) is 0 Å². The number of halogens is 1. The normalized spacial score (nSPS) is 12.0. The summed E-state index contributed by atoms with van der Waals surface area (Å²) in [5.74, 6) is 0.275. The summed E-state index contributed by atoms with van der Waals surface area (Å²) in [6, 6.07) is 16.5. The summed E-state index contributed by atoms with van der Waals surface area (Å²) in [6.07, 6.45) is 0.873. The van der Waals surface area contributed by atoms with Crippen LogP contribution in [0.3, 0.4) is 0 Å². The average Bonchev–Trinajstić information content (AvgIpc) is 3.09. The molecule has 0 unspecified atom stereocenters. The van der Waals surface area contributed by atoms with Gasteiger partial charge in [-0.25, -0.2) is 4.39 Å². The molecule has 146 valence electrons. The molecule has 2 aromatic carbocycles. The summed E-state index contributed by atoms with van der Waals surface area (Å²) >= 11 is 1.30. The molecule has 1 aromatic heterocycles. The molecule has 0 aliphatic heterocycles. The number of hydrogen-bond acceptors (Lipinski definition) is 4. The first-order valence-electron chi connectivity index (χ1n) is 9.22. The minimum atomic E-state index is -0.352. The molecule has 0 radical (unpaired) electrons. The Labute approximate surface area is 168 Å². The van der Waals surface area contributed by atoms with Crippen molar-refractivity contribution in [1.82, 2.24) is 20.1 Å². The van der Waals surface area contributed by atoms with Crippen molar-refractivity contribution < 1.29 is 9.18 Å². The van der Waals surface area contributed by atoms with Crippen LogP contribution in [-0.2, 0) is 11.3 Å². The molecule has 1 heterocycles. The molecule has 0 aliphatic carbocycles. The summed E-state index contributed by atoms with van der Waals surface area (Å²) in [4.78, 5) is 12.1. The van der Waals surface area contributed by atoms with Crippen molar-refractivity contribution in [1.29, 1.82) is 0 Å². The van der Waals surface area contributed by atoms with Crippen LogP contribution < -0.4 is 5.32 Å². The number of amides is 1. The Bertz CT molecular complexity index is 929. The van der Waals surface area contributed by atoms with Crippen LogP contribution in [-0.4, -0.2) is 32.5 Å². The van der Waals surface area contributed by atoms with Gasteiger partial charge in [0.05, 0.1) is 17.9 Å². The molecule has 3 rings (SSSR count). The van der Waals surface area contributed by atoms with E-state index in [0.717, 1.165) is 12.0 Å². The van der Waals surface area contributed by atoms with E-state index in [2.05, 4.69) is 15.5 Å². The molecular formula is C21H23FN4OS. The highest BCUT2D eigenvalue weighted by molar-refractivity contribution is 7.99. The van der Waals surface area contributed by atoms with Crippen LogP contribution in [0.4, 0.5) is 4.39 Å². The third kappa shape index (κ3) is 4.98. The van der Waals surface area contributed by atoms with Gasteiger partial charge < -0.3 is 5.32 Å². The number of nitrogens with one attached hydrogen (secondary N) is 1. The maximum Gasteiger partial charge on any atom is 0.230 e. The highest BCUT2D eigenvalue weighted by Gasteiger charge is 2.18. The van der Waals surface area contributed by atoms with Gasteiger partial charge in [-0.2, -0.15) is 0 Å². The van der Waals surface area contributed by atoms with Crippen LogP contribution in [0.25, 0.3) is 11.4 Å². The molecule has 3 aromatic rings. The third-order valence-corrected chi connectivity index (χ3v) is 5.33. The minimum Gasteiger partial charge on any atom is -0.353 e. The van der Waals surface area contributed by atoms with E-state index < -0.39 is 0 Å². The Balaban J connectivity index is 1.87. The fourth-order valence-electron chi connectivity index (χ4n) is 2.69. The fourth-order valence-corrected chi connectivity index (χ4v) is 3.44. The molecular weight excluding hydrogens is 375 g/mol. The standard InChI is InChI=1S/C21H23FN4OS/c1-3-15(2)23-19(27)14-28-21-25-24-20(17-11-7-8-12-18(17)22)26(21)13-16-9-5-4-6-10-16/h4-12,15H,3,13-14H2,1-2H3,(H,23,27)/t15-/m1/s1.